The van der Waals surface area contributed by atoms with Crippen molar-refractivity contribution in [3.8, 4) is 5.88 Å². The number of hydrogen-bond acceptors (Lipinski definition) is 5. The third kappa shape index (κ3) is 2.40. The second kappa shape index (κ2) is 5.44. The van der Waals surface area contributed by atoms with E-state index in [1.165, 1.54) is 0 Å². The Balaban J connectivity index is 2.27. The Morgan fingerprint density at radius 3 is 3.00 bits per heavy atom. The predicted octanol–water partition coefficient (Wildman–Crippen LogP) is 1.38. The van der Waals surface area contributed by atoms with Gasteiger partial charge in [-0.1, -0.05) is 6.07 Å². The van der Waals surface area contributed by atoms with Crippen LogP contribution < -0.4 is 4.74 Å². The molecule has 0 N–H and O–H groups in total. The lowest BCUT2D eigenvalue weighted by Crippen LogP contribution is -2.16. The molecule has 18 heavy (non-hydrogen) atoms. The maximum Gasteiger partial charge on any atom is 0.340 e. The summed E-state index contributed by atoms with van der Waals surface area (Å²) in [6.45, 7) is 2.59. The van der Waals surface area contributed by atoms with Crippen LogP contribution in [0.25, 0.3) is 0 Å². The van der Waals surface area contributed by atoms with Gasteiger partial charge in [-0.2, -0.15) is 0 Å². The first-order valence-electron chi connectivity index (χ1n) is 5.69. The number of nitrogens with zero attached hydrogens (tertiary/aromatic N) is 2. The average molecular weight is 246 g/mol. The van der Waals surface area contributed by atoms with Gasteiger partial charge in [0, 0.05) is 6.07 Å². The molecule has 0 aliphatic carbocycles. The van der Waals surface area contributed by atoms with Gasteiger partial charge in [0.2, 0.25) is 5.88 Å². The lowest BCUT2D eigenvalue weighted by molar-refractivity contribution is -0.137. The van der Waals surface area contributed by atoms with Crippen LogP contribution in [-0.4, -0.2) is 36.9 Å². The predicted molar refractivity (Wildman–Crippen MR) is 66.9 cm³/mol. The van der Waals surface area contributed by atoms with Crippen LogP contribution >= 0.6 is 0 Å². The standard InChI is InChI=1S/C13H14N2O3/c1-3-18-13(16)9-7-8-14-12(9)10-5-4-6-11(15-10)17-2/h4-7H,3,8H2,1-2H3. The SMILES string of the molecule is CCOC(=O)C1=CCN=C1c1cccc(OC)n1. The zero-order valence-corrected chi connectivity index (χ0v) is 10.3. The van der Waals surface area contributed by atoms with Crippen molar-refractivity contribution in [2.24, 2.45) is 4.99 Å². The second-order valence-corrected chi connectivity index (χ2v) is 3.59. The zero-order chi connectivity index (χ0) is 13.0. The highest BCUT2D eigenvalue weighted by atomic mass is 16.5. The molecular formula is C13H14N2O3. The van der Waals surface area contributed by atoms with Crippen LogP contribution in [0.2, 0.25) is 0 Å². The topological polar surface area (TPSA) is 60.8 Å². The minimum atomic E-state index is -0.363. The minimum absolute atomic E-state index is 0.342. The van der Waals surface area contributed by atoms with Gasteiger partial charge >= 0.3 is 5.97 Å². The molecule has 0 saturated carbocycles. The Kier molecular flexibility index (Phi) is 3.72. The van der Waals surface area contributed by atoms with Crippen LogP contribution in [0.1, 0.15) is 12.6 Å². The molecule has 1 aromatic heterocycles. The van der Waals surface area contributed by atoms with E-state index in [2.05, 4.69) is 9.98 Å². The quantitative estimate of drug-likeness (QED) is 0.753. The first-order valence-corrected chi connectivity index (χ1v) is 5.69. The molecule has 0 bridgehead atoms. The molecular weight excluding hydrogens is 232 g/mol. The van der Waals surface area contributed by atoms with E-state index in [0.717, 1.165) is 0 Å². The molecule has 2 heterocycles. The van der Waals surface area contributed by atoms with Gasteiger partial charge in [-0.3, -0.25) is 4.99 Å². The van der Waals surface area contributed by atoms with Crippen molar-refractivity contribution in [1.29, 1.82) is 0 Å². The number of hydrogen-bond donors (Lipinski definition) is 0. The van der Waals surface area contributed by atoms with Crippen LogP contribution in [0.5, 0.6) is 5.88 Å². The molecule has 0 atom stereocenters. The third-order valence-corrected chi connectivity index (χ3v) is 2.47. The molecule has 0 radical (unpaired) electrons. The summed E-state index contributed by atoms with van der Waals surface area (Å²) >= 11 is 0. The summed E-state index contributed by atoms with van der Waals surface area (Å²) in [5, 5.41) is 0. The van der Waals surface area contributed by atoms with Gasteiger partial charge in [-0.15, -0.1) is 0 Å². The molecule has 0 saturated heterocycles. The Labute approximate surface area is 105 Å². The van der Waals surface area contributed by atoms with E-state index in [1.54, 1.807) is 32.2 Å². The summed E-state index contributed by atoms with van der Waals surface area (Å²) in [5.74, 6) is 0.128. The van der Waals surface area contributed by atoms with Crippen LogP contribution in [0.15, 0.2) is 34.8 Å². The highest BCUT2D eigenvalue weighted by Gasteiger charge is 2.23. The molecule has 0 amide bonds. The zero-order valence-electron chi connectivity index (χ0n) is 10.3. The summed E-state index contributed by atoms with van der Waals surface area (Å²) in [4.78, 5) is 20.3. The molecule has 1 aromatic rings. The number of ether oxygens (including phenoxy) is 2. The normalized spacial score (nSPS) is 13.9. The lowest BCUT2D eigenvalue weighted by atomic mass is 10.1. The Morgan fingerprint density at radius 1 is 1.44 bits per heavy atom. The Bertz CT molecular complexity index is 521. The fourth-order valence-electron chi connectivity index (χ4n) is 1.68. The van der Waals surface area contributed by atoms with Crippen molar-refractivity contribution in [2.45, 2.75) is 6.92 Å². The van der Waals surface area contributed by atoms with Gasteiger partial charge in [-0.05, 0) is 19.1 Å². The maximum atomic E-state index is 11.8. The van der Waals surface area contributed by atoms with Gasteiger partial charge in [0.25, 0.3) is 0 Å². The first kappa shape index (κ1) is 12.3. The molecule has 94 valence electrons. The number of pyridine rings is 1. The fourth-order valence-corrected chi connectivity index (χ4v) is 1.68. The van der Waals surface area contributed by atoms with Crippen LogP contribution in [0.3, 0.4) is 0 Å². The van der Waals surface area contributed by atoms with E-state index in [0.29, 0.717) is 36.0 Å². The molecule has 2 rings (SSSR count). The van der Waals surface area contributed by atoms with Gasteiger partial charge in [0.15, 0.2) is 0 Å². The second-order valence-electron chi connectivity index (χ2n) is 3.59. The Hall–Kier alpha value is -2.17. The van der Waals surface area contributed by atoms with Crippen LogP contribution in [-0.2, 0) is 9.53 Å². The summed E-state index contributed by atoms with van der Waals surface area (Å²) < 4.78 is 10.0. The average Bonchev–Trinajstić information content (AvgIpc) is 2.88. The van der Waals surface area contributed by atoms with Crippen molar-refractivity contribution >= 4 is 11.7 Å². The van der Waals surface area contributed by atoms with E-state index in [4.69, 9.17) is 9.47 Å². The van der Waals surface area contributed by atoms with Crippen LogP contribution in [0, 0.1) is 0 Å². The fraction of sp³-hybridized carbons (Fsp3) is 0.308. The highest BCUT2D eigenvalue weighted by molar-refractivity contribution is 6.27. The van der Waals surface area contributed by atoms with Crippen molar-refractivity contribution < 1.29 is 14.3 Å². The van der Waals surface area contributed by atoms with Crippen molar-refractivity contribution in [3.63, 3.8) is 0 Å². The van der Waals surface area contributed by atoms with E-state index in [-0.39, 0.29) is 5.97 Å². The summed E-state index contributed by atoms with van der Waals surface area (Å²) in [5.41, 5.74) is 1.65. The molecule has 1 aliphatic rings. The minimum Gasteiger partial charge on any atom is -0.481 e. The van der Waals surface area contributed by atoms with E-state index in [1.807, 2.05) is 6.07 Å². The van der Waals surface area contributed by atoms with Gasteiger partial charge < -0.3 is 9.47 Å². The summed E-state index contributed by atoms with van der Waals surface area (Å²) in [7, 11) is 1.55. The molecule has 5 nitrogen and oxygen atoms in total. The third-order valence-electron chi connectivity index (χ3n) is 2.47. The van der Waals surface area contributed by atoms with E-state index >= 15 is 0 Å². The molecule has 0 unspecified atom stereocenters. The first-order chi connectivity index (χ1) is 8.76. The lowest BCUT2D eigenvalue weighted by Gasteiger charge is -2.07. The molecule has 0 fully saturated rings. The number of esters is 1. The maximum absolute atomic E-state index is 11.8. The summed E-state index contributed by atoms with van der Waals surface area (Å²) in [6, 6.07) is 5.34. The Morgan fingerprint density at radius 2 is 2.28 bits per heavy atom. The van der Waals surface area contributed by atoms with Crippen molar-refractivity contribution in [1.82, 2.24) is 4.98 Å². The largest absolute Gasteiger partial charge is 0.481 e. The molecule has 0 spiro atoms. The smallest absolute Gasteiger partial charge is 0.340 e. The molecule has 1 aliphatic heterocycles. The van der Waals surface area contributed by atoms with Crippen LogP contribution in [0.4, 0.5) is 0 Å². The number of carbonyl (C=O) groups is 1. The number of carbonyl (C=O) groups excluding carboxylic acids is 1. The molecule has 0 aromatic carbocycles. The van der Waals surface area contributed by atoms with Crippen molar-refractivity contribution in [2.75, 3.05) is 20.3 Å². The number of rotatable bonds is 4. The summed E-state index contributed by atoms with van der Waals surface area (Å²) in [6.07, 6.45) is 1.74. The van der Waals surface area contributed by atoms with Gasteiger partial charge in [0.1, 0.15) is 0 Å². The highest BCUT2D eigenvalue weighted by Crippen LogP contribution is 2.17. The molecule has 5 heteroatoms. The number of aliphatic imine (C=N–C) groups is 1. The van der Waals surface area contributed by atoms with Gasteiger partial charge in [-0.25, -0.2) is 9.78 Å². The number of aromatic nitrogens is 1. The monoisotopic (exact) mass is 246 g/mol. The van der Waals surface area contributed by atoms with E-state index in [9.17, 15) is 4.79 Å². The van der Waals surface area contributed by atoms with Crippen molar-refractivity contribution in [3.05, 3.63) is 35.5 Å². The van der Waals surface area contributed by atoms with Gasteiger partial charge in [0.05, 0.1) is 37.2 Å². The number of methoxy groups -OCH3 is 1. The van der Waals surface area contributed by atoms with E-state index < -0.39 is 0 Å².